The zero-order valence-electron chi connectivity index (χ0n) is 5.68. The Morgan fingerprint density at radius 3 is 2.00 bits per heavy atom. The summed E-state index contributed by atoms with van der Waals surface area (Å²) >= 11 is 0. The van der Waals surface area contributed by atoms with E-state index in [1.165, 1.54) is 0 Å². The smallest absolute Gasteiger partial charge is 0.0431 e. The number of unbranched alkanes of at least 4 members (excludes halogenated alkanes) is 3. The SMILES string of the molecule is Cl.NCCCCCCO. The third-order valence-electron chi connectivity index (χ3n) is 1.11. The van der Waals surface area contributed by atoms with Crippen LogP contribution >= 0.6 is 12.4 Å². The maximum Gasteiger partial charge on any atom is 0.0431 e. The first-order valence-electron chi connectivity index (χ1n) is 3.22. The molecular weight excluding hydrogens is 138 g/mol. The lowest BCUT2D eigenvalue weighted by Gasteiger charge is -1.93. The van der Waals surface area contributed by atoms with Crippen molar-refractivity contribution in [3.8, 4) is 0 Å². The summed E-state index contributed by atoms with van der Waals surface area (Å²) in [4.78, 5) is 0. The van der Waals surface area contributed by atoms with Gasteiger partial charge in [-0.25, -0.2) is 0 Å². The summed E-state index contributed by atoms with van der Waals surface area (Å²) in [5.41, 5.74) is 5.25. The third-order valence-corrected chi connectivity index (χ3v) is 1.11. The maximum atomic E-state index is 8.33. The fourth-order valence-electron chi connectivity index (χ4n) is 0.610. The van der Waals surface area contributed by atoms with Crippen LogP contribution in [0.3, 0.4) is 0 Å². The van der Waals surface area contributed by atoms with Crippen molar-refractivity contribution in [2.24, 2.45) is 5.73 Å². The van der Waals surface area contributed by atoms with Crippen LogP contribution in [0.15, 0.2) is 0 Å². The van der Waals surface area contributed by atoms with Gasteiger partial charge >= 0.3 is 0 Å². The summed E-state index contributed by atoms with van der Waals surface area (Å²) in [6.45, 7) is 1.11. The third kappa shape index (κ3) is 11.7. The summed E-state index contributed by atoms with van der Waals surface area (Å²) in [5, 5.41) is 8.33. The molecule has 0 heterocycles. The Kier molecular flexibility index (Phi) is 14.7. The molecule has 9 heavy (non-hydrogen) atoms. The minimum absolute atomic E-state index is 0. The van der Waals surface area contributed by atoms with Crippen LogP contribution in [0.5, 0.6) is 0 Å². The Labute approximate surface area is 62.9 Å². The summed E-state index contributed by atoms with van der Waals surface area (Å²) in [5.74, 6) is 0. The number of halogens is 1. The molecule has 0 spiro atoms. The van der Waals surface area contributed by atoms with Crippen LogP contribution in [0.25, 0.3) is 0 Å². The normalized spacial score (nSPS) is 8.67. The van der Waals surface area contributed by atoms with E-state index in [0.717, 1.165) is 32.2 Å². The molecule has 0 atom stereocenters. The molecule has 0 aliphatic rings. The number of rotatable bonds is 5. The van der Waals surface area contributed by atoms with E-state index in [2.05, 4.69) is 0 Å². The van der Waals surface area contributed by atoms with E-state index in [9.17, 15) is 0 Å². The molecule has 0 unspecified atom stereocenters. The second-order valence-corrected chi connectivity index (χ2v) is 1.93. The van der Waals surface area contributed by atoms with Crippen LogP contribution < -0.4 is 5.73 Å². The van der Waals surface area contributed by atoms with E-state index in [4.69, 9.17) is 10.8 Å². The van der Waals surface area contributed by atoms with Crippen molar-refractivity contribution in [3.63, 3.8) is 0 Å². The predicted molar refractivity (Wildman–Crippen MR) is 41.9 cm³/mol. The largest absolute Gasteiger partial charge is 0.396 e. The number of hydrogen-bond donors (Lipinski definition) is 2. The number of hydrogen-bond acceptors (Lipinski definition) is 2. The average Bonchev–Trinajstić information content (AvgIpc) is 1.81. The van der Waals surface area contributed by atoms with Gasteiger partial charge in [0.2, 0.25) is 0 Å². The first-order valence-corrected chi connectivity index (χ1v) is 3.22. The fraction of sp³-hybridized carbons (Fsp3) is 1.00. The van der Waals surface area contributed by atoms with E-state index in [-0.39, 0.29) is 12.4 Å². The molecule has 58 valence electrons. The van der Waals surface area contributed by atoms with E-state index in [1.54, 1.807) is 0 Å². The zero-order chi connectivity index (χ0) is 6.24. The van der Waals surface area contributed by atoms with Crippen LogP contribution in [-0.2, 0) is 0 Å². The molecule has 0 radical (unpaired) electrons. The maximum absolute atomic E-state index is 8.33. The van der Waals surface area contributed by atoms with Gasteiger partial charge in [-0.2, -0.15) is 0 Å². The lowest BCUT2D eigenvalue weighted by atomic mass is 10.2. The number of nitrogens with two attached hydrogens (primary N) is 1. The summed E-state index contributed by atoms with van der Waals surface area (Å²) in [6, 6.07) is 0. The van der Waals surface area contributed by atoms with Gasteiger partial charge in [0, 0.05) is 6.61 Å². The molecular formula is C6H16ClNO. The Morgan fingerprint density at radius 1 is 1.00 bits per heavy atom. The van der Waals surface area contributed by atoms with Gasteiger partial charge in [-0.3, -0.25) is 0 Å². The minimum atomic E-state index is 0. The number of aliphatic hydroxyl groups excluding tert-OH is 1. The van der Waals surface area contributed by atoms with Gasteiger partial charge in [-0.05, 0) is 19.4 Å². The predicted octanol–water partition coefficient (Wildman–Crippen LogP) is 0.920. The molecule has 0 aromatic rings. The molecule has 0 aliphatic carbocycles. The highest BCUT2D eigenvalue weighted by Crippen LogP contribution is 1.95. The van der Waals surface area contributed by atoms with E-state index < -0.39 is 0 Å². The topological polar surface area (TPSA) is 46.2 Å². The molecule has 3 N–H and O–H groups in total. The molecule has 0 rings (SSSR count). The van der Waals surface area contributed by atoms with Crippen LogP contribution in [0.4, 0.5) is 0 Å². The lowest BCUT2D eigenvalue weighted by Crippen LogP contribution is -1.97. The first kappa shape index (κ1) is 11.9. The lowest BCUT2D eigenvalue weighted by molar-refractivity contribution is 0.282. The Balaban J connectivity index is 0. The van der Waals surface area contributed by atoms with Crippen LogP contribution in [-0.4, -0.2) is 18.3 Å². The summed E-state index contributed by atoms with van der Waals surface area (Å²) in [7, 11) is 0. The fourth-order valence-corrected chi connectivity index (χ4v) is 0.610. The van der Waals surface area contributed by atoms with E-state index in [0.29, 0.717) is 6.61 Å². The summed E-state index contributed by atoms with van der Waals surface area (Å²) < 4.78 is 0. The monoisotopic (exact) mass is 153 g/mol. The highest BCUT2D eigenvalue weighted by atomic mass is 35.5. The van der Waals surface area contributed by atoms with Gasteiger partial charge < -0.3 is 10.8 Å². The van der Waals surface area contributed by atoms with Crippen molar-refractivity contribution in [2.75, 3.05) is 13.2 Å². The molecule has 0 bridgehead atoms. The molecule has 0 aromatic carbocycles. The van der Waals surface area contributed by atoms with Crippen molar-refractivity contribution in [3.05, 3.63) is 0 Å². The van der Waals surface area contributed by atoms with Gasteiger partial charge in [0.25, 0.3) is 0 Å². The Bertz CT molecular complexity index is 38.0. The van der Waals surface area contributed by atoms with Gasteiger partial charge in [-0.15, -0.1) is 12.4 Å². The van der Waals surface area contributed by atoms with E-state index >= 15 is 0 Å². The molecule has 0 fully saturated rings. The Morgan fingerprint density at radius 2 is 1.56 bits per heavy atom. The second kappa shape index (κ2) is 11.1. The molecule has 0 aromatic heterocycles. The van der Waals surface area contributed by atoms with Gasteiger partial charge in [-0.1, -0.05) is 12.8 Å². The minimum Gasteiger partial charge on any atom is -0.396 e. The van der Waals surface area contributed by atoms with Crippen LogP contribution in [0.1, 0.15) is 25.7 Å². The van der Waals surface area contributed by atoms with Gasteiger partial charge in [0.15, 0.2) is 0 Å². The Hall–Kier alpha value is 0.210. The standard InChI is InChI=1S/C6H15NO.ClH/c7-5-3-1-2-4-6-8;/h8H,1-7H2;1H. The molecule has 0 amide bonds. The van der Waals surface area contributed by atoms with Gasteiger partial charge in [0.05, 0.1) is 0 Å². The molecule has 0 aliphatic heterocycles. The average molecular weight is 154 g/mol. The second-order valence-electron chi connectivity index (χ2n) is 1.93. The molecule has 0 saturated carbocycles. The van der Waals surface area contributed by atoms with Crippen molar-refractivity contribution in [1.29, 1.82) is 0 Å². The van der Waals surface area contributed by atoms with E-state index in [1.807, 2.05) is 0 Å². The van der Waals surface area contributed by atoms with Crippen LogP contribution in [0.2, 0.25) is 0 Å². The van der Waals surface area contributed by atoms with Crippen LogP contribution in [0, 0.1) is 0 Å². The van der Waals surface area contributed by atoms with Crippen molar-refractivity contribution >= 4 is 12.4 Å². The van der Waals surface area contributed by atoms with Crippen molar-refractivity contribution < 1.29 is 5.11 Å². The van der Waals surface area contributed by atoms with Gasteiger partial charge in [0.1, 0.15) is 0 Å². The first-order chi connectivity index (χ1) is 3.91. The number of aliphatic hydroxyl groups is 1. The highest BCUT2D eigenvalue weighted by molar-refractivity contribution is 5.85. The molecule has 2 nitrogen and oxygen atoms in total. The zero-order valence-corrected chi connectivity index (χ0v) is 6.49. The summed E-state index contributed by atoms with van der Waals surface area (Å²) in [6.07, 6.45) is 4.31. The van der Waals surface area contributed by atoms with Crippen molar-refractivity contribution in [1.82, 2.24) is 0 Å². The molecule has 0 saturated heterocycles. The molecule has 3 heteroatoms. The van der Waals surface area contributed by atoms with Crippen molar-refractivity contribution in [2.45, 2.75) is 25.7 Å². The quantitative estimate of drug-likeness (QED) is 0.577. The highest BCUT2D eigenvalue weighted by Gasteiger charge is 1.84.